The first-order valence-electron chi connectivity index (χ1n) is 11.4. The predicted octanol–water partition coefficient (Wildman–Crippen LogP) is 4.72. The number of thiazole rings is 1. The molecule has 0 aliphatic heterocycles. The highest BCUT2D eigenvalue weighted by Crippen LogP contribution is 2.45. The molecule has 4 rings (SSSR count). The minimum atomic E-state index is 0.208. The number of benzene rings is 1. The number of methoxy groups -OCH3 is 1. The second-order valence-electron chi connectivity index (χ2n) is 8.80. The van der Waals surface area contributed by atoms with Crippen LogP contribution < -0.4 is 10.6 Å². The number of aryl methyl sites for hydroxylation is 1. The summed E-state index contributed by atoms with van der Waals surface area (Å²) < 4.78 is 6.54. The highest BCUT2D eigenvalue weighted by Gasteiger charge is 2.42. The van der Waals surface area contributed by atoms with Crippen LogP contribution in [0, 0.1) is 18.3 Å². The Morgan fingerprint density at radius 1 is 1.19 bits per heavy atom. The summed E-state index contributed by atoms with van der Waals surface area (Å²) in [6.45, 7) is 6.64. The summed E-state index contributed by atoms with van der Waals surface area (Å²) in [5.74, 6) is 1.72. The number of fused-ring (bicyclic) bond motifs is 1. The minimum absolute atomic E-state index is 0.208. The molecular formula is C24H33N5O2S. The molecule has 1 fully saturated rings. The van der Waals surface area contributed by atoms with Crippen molar-refractivity contribution in [3.8, 4) is 10.6 Å². The lowest BCUT2D eigenvalue weighted by Crippen LogP contribution is -2.22. The maximum atomic E-state index is 9.54. The van der Waals surface area contributed by atoms with E-state index in [4.69, 9.17) is 19.7 Å². The van der Waals surface area contributed by atoms with E-state index in [1.54, 1.807) is 18.4 Å². The molecule has 0 amide bonds. The molecule has 0 spiro atoms. The Morgan fingerprint density at radius 2 is 2.00 bits per heavy atom. The van der Waals surface area contributed by atoms with Crippen LogP contribution in [0.4, 0.5) is 11.8 Å². The van der Waals surface area contributed by atoms with Gasteiger partial charge in [-0.25, -0.2) is 9.97 Å². The molecule has 1 unspecified atom stereocenters. The summed E-state index contributed by atoms with van der Waals surface area (Å²) in [6.07, 6.45) is 4.18. The van der Waals surface area contributed by atoms with E-state index in [2.05, 4.69) is 23.6 Å². The van der Waals surface area contributed by atoms with Crippen molar-refractivity contribution >= 4 is 33.3 Å². The van der Waals surface area contributed by atoms with Crippen molar-refractivity contribution in [1.29, 1.82) is 0 Å². The lowest BCUT2D eigenvalue weighted by atomic mass is 10.0. The van der Waals surface area contributed by atoms with E-state index in [1.165, 1.54) is 12.8 Å². The molecule has 0 saturated heterocycles. The Hall–Kier alpha value is -2.29. The molecule has 2 aromatic heterocycles. The van der Waals surface area contributed by atoms with Crippen LogP contribution >= 0.6 is 11.3 Å². The van der Waals surface area contributed by atoms with Gasteiger partial charge in [0.05, 0.1) is 28.1 Å². The van der Waals surface area contributed by atoms with Gasteiger partial charge >= 0.3 is 0 Å². The first kappa shape index (κ1) is 22.9. The van der Waals surface area contributed by atoms with Gasteiger partial charge in [0.15, 0.2) is 0 Å². The third kappa shape index (κ3) is 5.19. The zero-order valence-electron chi connectivity index (χ0n) is 19.1. The maximum Gasteiger partial charge on any atom is 0.224 e. The van der Waals surface area contributed by atoms with Gasteiger partial charge in [0.2, 0.25) is 5.95 Å². The molecule has 1 aromatic carbocycles. The van der Waals surface area contributed by atoms with Gasteiger partial charge in [0, 0.05) is 32.2 Å². The maximum absolute atomic E-state index is 9.54. The number of nitrogens with zero attached hydrogens (tertiary/aromatic N) is 3. The number of nitrogens with one attached hydrogen (secondary N) is 2. The molecule has 172 valence electrons. The van der Waals surface area contributed by atoms with Crippen LogP contribution in [0.3, 0.4) is 0 Å². The van der Waals surface area contributed by atoms with Gasteiger partial charge in [-0.05, 0) is 44.2 Å². The first-order chi connectivity index (χ1) is 15.6. The SMILES string of the molecule is CCC(CO)CCNc1nc(NCC2(COC)CC2)nc(C)c1-c1nc2ccccc2s1. The lowest BCUT2D eigenvalue weighted by molar-refractivity contribution is 0.147. The number of aliphatic hydroxyl groups excluding tert-OH is 1. The van der Waals surface area contributed by atoms with Gasteiger partial charge < -0.3 is 20.5 Å². The monoisotopic (exact) mass is 455 g/mol. The highest BCUT2D eigenvalue weighted by molar-refractivity contribution is 7.21. The normalized spacial score (nSPS) is 15.6. The second-order valence-corrected chi connectivity index (χ2v) is 9.83. The molecule has 1 aliphatic rings. The topological polar surface area (TPSA) is 92.2 Å². The summed E-state index contributed by atoms with van der Waals surface area (Å²) in [6, 6.07) is 8.17. The fourth-order valence-electron chi connectivity index (χ4n) is 3.96. The van der Waals surface area contributed by atoms with E-state index >= 15 is 0 Å². The summed E-state index contributed by atoms with van der Waals surface area (Å²) >= 11 is 1.66. The predicted molar refractivity (Wildman–Crippen MR) is 131 cm³/mol. The molecule has 8 heteroatoms. The summed E-state index contributed by atoms with van der Waals surface area (Å²) in [5.41, 5.74) is 3.05. The third-order valence-electron chi connectivity index (χ3n) is 6.31. The van der Waals surface area contributed by atoms with Crippen molar-refractivity contribution in [2.45, 2.75) is 39.5 Å². The van der Waals surface area contributed by atoms with Crippen LogP contribution in [0.5, 0.6) is 0 Å². The van der Waals surface area contributed by atoms with Crippen LogP contribution in [-0.4, -0.2) is 53.5 Å². The molecule has 1 atom stereocenters. The number of anilines is 2. The Morgan fingerprint density at radius 3 is 2.69 bits per heavy atom. The molecule has 2 heterocycles. The lowest BCUT2D eigenvalue weighted by Gasteiger charge is -2.18. The summed E-state index contributed by atoms with van der Waals surface area (Å²) in [7, 11) is 1.76. The highest BCUT2D eigenvalue weighted by atomic mass is 32.1. The number of aliphatic hydroxyl groups is 1. The molecule has 1 saturated carbocycles. The molecule has 0 radical (unpaired) electrons. The van der Waals surface area contributed by atoms with Crippen molar-refractivity contribution in [3.05, 3.63) is 30.0 Å². The van der Waals surface area contributed by atoms with Crippen molar-refractivity contribution in [1.82, 2.24) is 15.0 Å². The van der Waals surface area contributed by atoms with E-state index in [9.17, 15) is 5.11 Å². The Bertz CT molecular complexity index is 1010. The van der Waals surface area contributed by atoms with Crippen LogP contribution in [0.25, 0.3) is 20.8 Å². The number of hydrogen-bond acceptors (Lipinski definition) is 8. The molecule has 3 N–H and O–H groups in total. The van der Waals surface area contributed by atoms with E-state index < -0.39 is 0 Å². The Balaban J connectivity index is 1.61. The molecular weight excluding hydrogens is 422 g/mol. The van der Waals surface area contributed by atoms with E-state index in [0.29, 0.717) is 5.95 Å². The third-order valence-corrected chi connectivity index (χ3v) is 7.36. The Labute approximate surface area is 193 Å². The average Bonchev–Trinajstić information content (AvgIpc) is 3.43. The van der Waals surface area contributed by atoms with E-state index in [-0.39, 0.29) is 17.9 Å². The second kappa shape index (κ2) is 10.1. The van der Waals surface area contributed by atoms with Gasteiger partial charge in [-0.2, -0.15) is 4.98 Å². The smallest absolute Gasteiger partial charge is 0.224 e. The van der Waals surface area contributed by atoms with Gasteiger partial charge in [-0.3, -0.25) is 0 Å². The number of ether oxygens (including phenoxy) is 1. The number of rotatable bonds is 12. The van der Waals surface area contributed by atoms with Crippen molar-refractivity contribution in [2.75, 3.05) is 44.0 Å². The average molecular weight is 456 g/mol. The van der Waals surface area contributed by atoms with Crippen molar-refractivity contribution < 1.29 is 9.84 Å². The van der Waals surface area contributed by atoms with Gasteiger partial charge in [-0.1, -0.05) is 25.5 Å². The van der Waals surface area contributed by atoms with Gasteiger partial charge in [-0.15, -0.1) is 11.3 Å². The van der Waals surface area contributed by atoms with Crippen molar-refractivity contribution in [3.63, 3.8) is 0 Å². The largest absolute Gasteiger partial charge is 0.396 e. The first-order valence-corrected chi connectivity index (χ1v) is 12.2. The fraction of sp³-hybridized carbons (Fsp3) is 0.542. The number of hydrogen-bond donors (Lipinski definition) is 3. The van der Waals surface area contributed by atoms with E-state index in [1.807, 2.05) is 25.1 Å². The van der Waals surface area contributed by atoms with E-state index in [0.717, 1.165) is 64.8 Å². The summed E-state index contributed by atoms with van der Waals surface area (Å²) in [4.78, 5) is 14.5. The minimum Gasteiger partial charge on any atom is -0.396 e. The Kier molecular flexibility index (Phi) is 7.23. The fourth-order valence-corrected chi connectivity index (χ4v) is 5.02. The van der Waals surface area contributed by atoms with Crippen molar-refractivity contribution in [2.24, 2.45) is 11.3 Å². The molecule has 1 aliphatic carbocycles. The molecule has 32 heavy (non-hydrogen) atoms. The number of para-hydroxylation sites is 1. The van der Waals surface area contributed by atoms with Gasteiger partial charge in [0.1, 0.15) is 10.8 Å². The van der Waals surface area contributed by atoms with Crippen LogP contribution in [-0.2, 0) is 4.74 Å². The molecule has 0 bridgehead atoms. The molecule has 7 nitrogen and oxygen atoms in total. The summed E-state index contributed by atoms with van der Waals surface area (Å²) in [5, 5.41) is 17.4. The van der Waals surface area contributed by atoms with Crippen LogP contribution in [0.2, 0.25) is 0 Å². The standard InChI is InChI=1S/C24H33N5O2S/c1-4-17(13-30)9-12-25-21-20(22-28-18-7-5-6-8-19(18)32-22)16(2)27-23(29-21)26-14-24(10-11-24)15-31-3/h5-8,17,30H,4,9-15H2,1-3H3,(H2,25,26,27,29). The van der Waals surface area contributed by atoms with Crippen LogP contribution in [0.1, 0.15) is 38.3 Å². The zero-order chi connectivity index (χ0) is 22.6. The molecule has 3 aromatic rings. The zero-order valence-corrected chi connectivity index (χ0v) is 20.0. The van der Waals surface area contributed by atoms with Gasteiger partial charge in [0.25, 0.3) is 0 Å². The quantitative estimate of drug-likeness (QED) is 0.364. The number of aromatic nitrogens is 3. The van der Waals surface area contributed by atoms with Crippen LogP contribution in [0.15, 0.2) is 24.3 Å².